The third-order valence-corrected chi connectivity index (χ3v) is 4.29. The Morgan fingerprint density at radius 3 is 2.86 bits per heavy atom. The highest BCUT2D eigenvalue weighted by Crippen LogP contribution is 2.21. The van der Waals surface area contributed by atoms with Gasteiger partial charge < -0.3 is 5.11 Å². The maximum absolute atomic E-state index is 11.2. The summed E-state index contributed by atoms with van der Waals surface area (Å²) in [5.74, 6) is -0.729. The molecule has 1 unspecified atom stereocenters. The summed E-state index contributed by atoms with van der Waals surface area (Å²) in [6.07, 6.45) is 5.44. The van der Waals surface area contributed by atoms with E-state index in [1.807, 2.05) is 40.0 Å². The molecule has 1 aliphatic heterocycles. The van der Waals surface area contributed by atoms with Crippen LogP contribution in [0.5, 0.6) is 0 Å². The van der Waals surface area contributed by atoms with E-state index in [-0.39, 0.29) is 6.04 Å². The summed E-state index contributed by atoms with van der Waals surface area (Å²) >= 11 is 3.41. The largest absolute Gasteiger partial charge is 0.480 e. The summed E-state index contributed by atoms with van der Waals surface area (Å²) < 4.78 is 2.84. The van der Waals surface area contributed by atoms with E-state index in [9.17, 15) is 9.90 Å². The Labute approximate surface area is 131 Å². The molecule has 110 valence electrons. The van der Waals surface area contributed by atoms with Crippen molar-refractivity contribution in [1.82, 2.24) is 14.7 Å². The molecule has 5 nitrogen and oxygen atoms in total. The summed E-state index contributed by atoms with van der Waals surface area (Å²) in [5, 5.41) is 13.6. The lowest BCUT2D eigenvalue weighted by molar-refractivity contribution is -0.142. The molecule has 2 heterocycles. The van der Waals surface area contributed by atoms with Gasteiger partial charge in [-0.1, -0.05) is 15.9 Å². The average Bonchev–Trinajstić information content (AvgIpc) is 3.09. The molecule has 21 heavy (non-hydrogen) atoms. The zero-order chi connectivity index (χ0) is 14.8. The number of carboxylic acid groups (broad SMARTS) is 1. The summed E-state index contributed by atoms with van der Waals surface area (Å²) in [5.41, 5.74) is 2.02. The lowest BCUT2D eigenvalue weighted by Gasteiger charge is -2.19. The maximum Gasteiger partial charge on any atom is 0.320 e. The molecule has 3 rings (SSSR count). The number of hydrogen-bond acceptors (Lipinski definition) is 3. The Bertz CT molecular complexity index is 639. The molecule has 6 heteroatoms. The Morgan fingerprint density at radius 2 is 2.14 bits per heavy atom. The van der Waals surface area contributed by atoms with Crippen LogP contribution in [0.3, 0.4) is 0 Å². The van der Waals surface area contributed by atoms with Gasteiger partial charge in [-0.25, -0.2) is 4.68 Å². The first-order valence-corrected chi connectivity index (χ1v) is 7.69. The van der Waals surface area contributed by atoms with Gasteiger partial charge in [0.05, 0.1) is 11.9 Å². The lowest BCUT2D eigenvalue weighted by atomic mass is 10.2. The lowest BCUT2D eigenvalue weighted by Crippen LogP contribution is -2.35. The van der Waals surface area contributed by atoms with Crippen molar-refractivity contribution in [3.05, 3.63) is 46.7 Å². The Hall–Kier alpha value is -1.66. The molecule has 0 radical (unpaired) electrons. The number of hydrogen-bond donors (Lipinski definition) is 1. The fourth-order valence-corrected chi connectivity index (χ4v) is 2.97. The van der Waals surface area contributed by atoms with Gasteiger partial charge in [0, 0.05) is 22.8 Å². The Morgan fingerprint density at radius 1 is 1.38 bits per heavy atom. The molecule has 1 aromatic heterocycles. The molecule has 1 aliphatic rings. The van der Waals surface area contributed by atoms with Crippen molar-refractivity contribution in [3.8, 4) is 5.69 Å². The second-order valence-corrected chi connectivity index (χ2v) is 6.15. The molecule has 1 aromatic carbocycles. The van der Waals surface area contributed by atoms with Gasteiger partial charge in [0.2, 0.25) is 0 Å². The molecule has 0 bridgehead atoms. The van der Waals surface area contributed by atoms with Crippen molar-refractivity contribution in [2.75, 3.05) is 6.54 Å². The first kappa shape index (κ1) is 14.3. The zero-order valence-corrected chi connectivity index (χ0v) is 13.0. The minimum atomic E-state index is -0.729. The van der Waals surface area contributed by atoms with E-state index in [0.717, 1.165) is 35.1 Å². The van der Waals surface area contributed by atoms with E-state index in [4.69, 9.17) is 0 Å². The third kappa shape index (κ3) is 3.16. The number of likely N-dealkylation sites (tertiary alicyclic amines) is 1. The number of benzene rings is 1. The fourth-order valence-electron chi connectivity index (χ4n) is 2.71. The van der Waals surface area contributed by atoms with Gasteiger partial charge in [0.1, 0.15) is 6.04 Å². The van der Waals surface area contributed by atoms with Crippen LogP contribution in [0, 0.1) is 0 Å². The molecule has 1 atom stereocenters. The summed E-state index contributed by atoms with van der Waals surface area (Å²) in [7, 11) is 0. The molecule has 0 spiro atoms. The minimum absolute atomic E-state index is 0.360. The van der Waals surface area contributed by atoms with Crippen molar-refractivity contribution in [2.45, 2.75) is 25.4 Å². The number of aromatic nitrogens is 2. The number of carboxylic acids is 1. The second kappa shape index (κ2) is 5.99. The van der Waals surface area contributed by atoms with E-state index in [1.165, 1.54) is 0 Å². The summed E-state index contributed by atoms with van der Waals surface area (Å²) in [6.45, 7) is 1.47. The van der Waals surface area contributed by atoms with E-state index in [2.05, 4.69) is 21.0 Å². The normalized spacial score (nSPS) is 19.0. The van der Waals surface area contributed by atoms with Gasteiger partial charge >= 0.3 is 5.97 Å². The van der Waals surface area contributed by atoms with Crippen LogP contribution >= 0.6 is 15.9 Å². The monoisotopic (exact) mass is 349 g/mol. The second-order valence-electron chi connectivity index (χ2n) is 5.24. The molecule has 0 amide bonds. The van der Waals surface area contributed by atoms with Crippen molar-refractivity contribution in [1.29, 1.82) is 0 Å². The smallest absolute Gasteiger partial charge is 0.320 e. The van der Waals surface area contributed by atoms with Crippen LogP contribution in [0.4, 0.5) is 0 Å². The molecular formula is C15H16BrN3O2. The maximum atomic E-state index is 11.2. The van der Waals surface area contributed by atoms with Crippen LogP contribution in [0.2, 0.25) is 0 Å². The van der Waals surface area contributed by atoms with Gasteiger partial charge in [0.15, 0.2) is 0 Å². The Balaban J connectivity index is 1.73. The van der Waals surface area contributed by atoms with Gasteiger partial charge in [-0.05, 0) is 43.7 Å². The number of rotatable bonds is 4. The SMILES string of the molecule is O=C(O)C1CCCN1Cc1cnn(-c2ccc(Br)cc2)c1. The van der Waals surface area contributed by atoms with E-state index >= 15 is 0 Å². The number of carbonyl (C=O) groups is 1. The van der Waals surface area contributed by atoms with Crippen LogP contribution in [-0.4, -0.2) is 38.3 Å². The van der Waals surface area contributed by atoms with E-state index in [1.54, 1.807) is 6.20 Å². The minimum Gasteiger partial charge on any atom is -0.480 e. The van der Waals surface area contributed by atoms with Crippen molar-refractivity contribution >= 4 is 21.9 Å². The average molecular weight is 350 g/mol. The summed E-state index contributed by atoms with van der Waals surface area (Å²) in [6, 6.07) is 7.55. The number of nitrogens with zero attached hydrogens (tertiary/aromatic N) is 3. The Kier molecular flexibility index (Phi) is 4.07. The molecule has 0 saturated carbocycles. The first-order chi connectivity index (χ1) is 10.1. The van der Waals surface area contributed by atoms with Crippen LogP contribution in [-0.2, 0) is 11.3 Å². The molecule has 1 N–H and O–H groups in total. The fraction of sp³-hybridized carbons (Fsp3) is 0.333. The van der Waals surface area contributed by atoms with Crippen LogP contribution < -0.4 is 0 Å². The quantitative estimate of drug-likeness (QED) is 0.921. The predicted octanol–water partition coefficient (Wildman–Crippen LogP) is 2.68. The molecule has 1 saturated heterocycles. The standard InChI is InChI=1S/C15H16BrN3O2/c16-12-3-5-13(6-4-12)19-10-11(8-17-19)9-18-7-1-2-14(18)15(20)21/h3-6,8,10,14H,1-2,7,9H2,(H,20,21). The van der Waals surface area contributed by atoms with Crippen molar-refractivity contribution in [2.24, 2.45) is 0 Å². The van der Waals surface area contributed by atoms with E-state index in [0.29, 0.717) is 6.54 Å². The topological polar surface area (TPSA) is 58.4 Å². The predicted molar refractivity (Wildman–Crippen MR) is 82.3 cm³/mol. The molecule has 2 aromatic rings. The van der Waals surface area contributed by atoms with Crippen molar-refractivity contribution in [3.63, 3.8) is 0 Å². The molecule has 0 aliphatic carbocycles. The highest BCUT2D eigenvalue weighted by atomic mass is 79.9. The summed E-state index contributed by atoms with van der Waals surface area (Å²) in [4.78, 5) is 13.2. The molecular weight excluding hydrogens is 334 g/mol. The zero-order valence-electron chi connectivity index (χ0n) is 11.4. The van der Waals surface area contributed by atoms with Crippen LogP contribution in [0.1, 0.15) is 18.4 Å². The van der Waals surface area contributed by atoms with Gasteiger partial charge in [0.25, 0.3) is 0 Å². The van der Waals surface area contributed by atoms with Gasteiger partial charge in [-0.3, -0.25) is 9.69 Å². The first-order valence-electron chi connectivity index (χ1n) is 6.90. The van der Waals surface area contributed by atoms with E-state index < -0.39 is 5.97 Å². The van der Waals surface area contributed by atoms with Crippen LogP contribution in [0.25, 0.3) is 5.69 Å². The van der Waals surface area contributed by atoms with Crippen molar-refractivity contribution < 1.29 is 9.90 Å². The highest BCUT2D eigenvalue weighted by molar-refractivity contribution is 9.10. The third-order valence-electron chi connectivity index (χ3n) is 3.76. The number of halogens is 1. The van der Waals surface area contributed by atoms with Gasteiger partial charge in [-0.15, -0.1) is 0 Å². The molecule has 1 fully saturated rings. The number of aliphatic carboxylic acids is 1. The highest BCUT2D eigenvalue weighted by Gasteiger charge is 2.30. The van der Waals surface area contributed by atoms with Gasteiger partial charge in [-0.2, -0.15) is 5.10 Å². The van der Waals surface area contributed by atoms with Crippen LogP contribution in [0.15, 0.2) is 41.1 Å².